The predicted molar refractivity (Wildman–Crippen MR) is 66.2 cm³/mol. The van der Waals surface area contributed by atoms with E-state index < -0.39 is 11.8 Å². The number of nitrogens with one attached hydrogen (secondary N) is 1. The third-order valence-corrected chi connectivity index (χ3v) is 2.34. The molecule has 0 bridgehead atoms. The molecule has 2 amide bonds. The van der Waals surface area contributed by atoms with Gasteiger partial charge in [-0.1, -0.05) is 37.3 Å². The molecule has 0 fully saturated rings. The molecule has 0 aliphatic rings. The molecule has 0 atom stereocenters. The molecule has 0 saturated carbocycles. The molecule has 0 radical (unpaired) electrons. The maximum atomic E-state index is 11.7. The monoisotopic (exact) mass is 234 g/mol. The van der Waals surface area contributed by atoms with E-state index >= 15 is 0 Å². The van der Waals surface area contributed by atoms with Gasteiger partial charge in [-0.05, 0) is 12.0 Å². The Morgan fingerprint density at radius 2 is 1.88 bits per heavy atom. The van der Waals surface area contributed by atoms with Crippen molar-refractivity contribution in [3.05, 3.63) is 35.9 Å². The van der Waals surface area contributed by atoms with Gasteiger partial charge in [-0.15, -0.1) is 0 Å². The largest absolute Gasteiger partial charge is 0.348 e. The van der Waals surface area contributed by atoms with Crippen molar-refractivity contribution in [3.63, 3.8) is 0 Å². The van der Waals surface area contributed by atoms with Crippen molar-refractivity contribution in [2.75, 3.05) is 13.6 Å². The summed E-state index contributed by atoms with van der Waals surface area (Å²) in [6.45, 7) is 2.92. The van der Waals surface area contributed by atoms with Gasteiger partial charge in [0.1, 0.15) is 0 Å². The molecule has 0 unspecified atom stereocenters. The van der Waals surface area contributed by atoms with Gasteiger partial charge < -0.3 is 10.2 Å². The van der Waals surface area contributed by atoms with Gasteiger partial charge in [-0.25, -0.2) is 0 Å². The predicted octanol–water partition coefficient (Wildman–Crippen LogP) is 1.17. The molecule has 1 rings (SSSR count). The highest BCUT2D eigenvalue weighted by Crippen LogP contribution is 2.02. The number of hydrogen-bond acceptors (Lipinski definition) is 2. The third-order valence-electron chi connectivity index (χ3n) is 2.34. The van der Waals surface area contributed by atoms with E-state index in [2.05, 4.69) is 5.32 Å². The van der Waals surface area contributed by atoms with Crippen LogP contribution in [0.25, 0.3) is 0 Å². The van der Waals surface area contributed by atoms with E-state index in [9.17, 15) is 9.59 Å². The lowest BCUT2D eigenvalue weighted by molar-refractivity contribution is -0.145. The second-order valence-electron chi connectivity index (χ2n) is 3.90. The second-order valence-corrected chi connectivity index (χ2v) is 3.90. The topological polar surface area (TPSA) is 49.4 Å². The van der Waals surface area contributed by atoms with E-state index in [-0.39, 0.29) is 0 Å². The van der Waals surface area contributed by atoms with Crippen molar-refractivity contribution in [2.45, 2.75) is 19.9 Å². The molecule has 4 heteroatoms. The van der Waals surface area contributed by atoms with E-state index in [4.69, 9.17) is 0 Å². The Labute approximate surface area is 102 Å². The number of carbonyl (C=O) groups excluding carboxylic acids is 2. The van der Waals surface area contributed by atoms with Crippen LogP contribution in [-0.2, 0) is 16.1 Å². The number of rotatable bonds is 4. The molecule has 0 saturated heterocycles. The fourth-order valence-electron chi connectivity index (χ4n) is 1.42. The van der Waals surface area contributed by atoms with Crippen LogP contribution in [0.3, 0.4) is 0 Å². The molecule has 1 aromatic carbocycles. The van der Waals surface area contributed by atoms with Gasteiger partial charge in [0.15, 0.2) is 0 Å². The van der Waals surface area contributed by atoms with E-state index in [0.717, 1.165) is 12.0 Å². The lowest BCUT2D eigenvalue weighted by Gasteiger charge is -2.16. The highest BCUT2D eigenvalue weighted by Gasteiger charge is 2.17. The Morgan fingerprint density at radius 3 is 2.47 bits per heavy atom. The lowest BCUT2D eigenvalue weighted by Crippen LogP contribution is -2.40. The average molecular weight is 234 g/mol. The van der Waals surface area contributed by atoms with Gasteiger partial charge in [0.05, 0.1) is 0 Å². The minimum Gasteiger partial charge on any atom is -0.348 e. The van der Waals surface area contributed by atoms with E-state index in [1.54, 1.807) is 7.05 Å². The van der Waals surface area contributed by atoms with E-state index in [0.29, 0.717) is 13.1 Å². The maximum absolute atomic E-state index is 11.7. The first-order valence-electron chi connectivity index (χ1n) is 5.72. The molecule has 0 aliphatic carbocycles. The van der Waals surface area contributed by atoms with Crippen LogP contribution in [0.1, 0.15) is 18.9 Å². The average Bonchev–Trinajstić information content (AvgIpc) is 2.36. The number of nitrogens with zero attached hydrogens (tertiary/aromatic N) is 1. The molecular weight excluding hydrogens is 216 g/mol. The highest BCUT2D eigenvalue weighted by atomic mass is 16.2. The fraction of sp³-hybridized carbons (Fsp3) is 0.385. The molecular formula is C13H18N2O2. The van der Waals surface area contributed by atoms with Crippen molar-refractivity contribution in [3.8, 4) is 0 Å². The van der Waals surface area contributed by atoms with Crippen LogP contribution in [0.4, 0.5) is 0 Å². The summed E-state index contributed by atoms with van der Waals surface area (Å²) < 4.78 is 0. The zero-order chi connectivity index (χ0) is 12.7. The summed E-state index contributed by atoms with van der Waals surface area (Å²) in [6, 6.07) is 9.58. The number of carbonyl (C=O) groups is 2. The molecule has 1 N–H and O–H groups in total. The zero-order valence-corrected chi connectivity index (χ0v) is 10.3. The van der Waals surface area contributed by atoms with Crippen LogP contribution in [0.5, 0.6) is 0 Å². The molecule has 4 nitrogen and oxygen atoms in total. The van der Waals surface area contributed by atoms with Crippen LogP contribution in [0.2, 0.25) is 0 Å². The second kappa shape index (κ2) is 6.68. The van der Waals surface area contributed by atoms with Gasteiger partial charge in [0.2, 0.25) is 0 Å². The van der Waals surface area contributed by atoms with Crippen molar-refractivity contribution in [1.82, 2.24) is 10.2 Å². The number of hydrogen-bond donors (Lipinski definition) is 1. The first kappa shape index (κ1) is 13.2. The summed E-state index contributed by atoms with van der Waals surface area (Å²) in [6.07, 6.45) is 0.821. The van der Waals surface area contributed by atoms with Gasteiger partial charge in [-0.3, -0.25) is 9.59 Å². The zero-order valence-electron chi connectivity index (χ0n) is 10.3. The normalized spacial score (nSPS) is 9.76. The molecule has 0 spiro atoms. The van der Waals surface area contributed by atoms with E-state index in [1.165, 1.54) is 4.90 Å². The molecule has 0 aliphatic heterocycles. The number of benzene rings is 1. The Bertz CT molecular complexity index is 376. The van der Waals surface area contributed by atoms with Gasteiger partial charge in [0, 0.05) is 20.1 Å². The molecule has 17 heavy (non-hydrogen) atoms. The highest BCUT2D eigenvalue weighted by molar-refractivity contribution is 6.34. The Morgan fingerprint density at radius 1 is 1.24 bits per heavy atom. The molecule has 0 heterocycles. The Hall–Kier alpha value is -1.84. The third kappa shape index (κ3) is 4.26. The summed E-state index contributed by atoms with van der Waals surface area (Å²) in [5.41, 5.74) is 1.01. The summed E-state index contributed by atoms with van der Waals surface area (Å²) in [7, 11) is 1.63. The summed E-state index contributed by atoms with van der Waals surface area (Å²) in [4.78, 5) is 24.5. The first-order chi connectivity index (χ1) is 8.15. The lowest BCUT2D eigenvalue weighted by atomic mass is 10.2. The molecule has 1 aromatic rings. The minimum absolute atomic E-state index is 0.444. The Kier molecular flexibility index (Phi) is 5.20. The van der Waals surface area contributed by atoms with Gasteiger partial charge in [0.25, 0.3) is 0 Å². The fourth-order valence-corrected chi connectivity index (χ4v) is 1.42. The van der Waals surface area contributed by atoms with Crippen LogP contribution in [0, 0.1) is 0 Å². The smallest absolute Gasteiger partial charge is 0.311 e. The van der Waals surface area contributed by atoms with Crippen molar-refractivity contribution in [1.29, 1.82) is 0 Å². The van der Waals surface area contributed by atoms with Crippen molar-refractivity contribution >= 4 is 11.8 Å². The minimum atomic E-state index is -0.537. The van der Waals surface area contributed by atoms with Crippen LogP contribution in [-0.4, -0.2) is 30.3 Å². The van der Waals surface area contributed by atoms with Crippen molar-refractivity contribution < 1.29 is 9.59 Å². The van der Waals surface area contributed by atoms with Gasteiger partial charge in [-0.2, -0.15) is 0 Å². The SMILES string of the molecule is CCCNC(=O)C(=O)N(C)Cc1ccccc1. The van der Waals surface area contributed by atoms with E-state index in [1.807, 2.05) is 37.3 Å². The summed E-state index contributed by atoms with van der Waals surface area (Å²) in [5, 5.41) is 2.57. The number of amides is 2. The maximum Gasteiger partial charge on any atom is 0.311 e. The summed E-state index contributed by atoms with van der Waals surface area (Å²) in [5.74, 6) is -1.03. The van der Waals surface area contributed by atoms with Crippen LogP contribution in [0.15, 0.2) is 30.3 Å². The van der Waals surface area contributed by atoms with Gasteiger partial charge >= 0.3 is 11.8 Å². The summed E-state index contributed by atoms with van der Waals surface area (Å²) >= 11 is 0. The molecule has 92 valence electrons. The van der Waals surface area contributed by atoms with Crippen LogP contribution < -0.4 is 5.32 Å². The van der Waals surface area contributed by atoms with Crippen molar-refractivity contribution in [2.24, 2.45) is 0 Å². The molecule has 0 aromatic heterocycles. The number of likely N-dealkylation sites (N-methyl/N-ethyl adjacent to an activating group) is 1. The standard InChI is InChI=1S/C13H18N2O2/c1-3-9-14-12(16)13(17)15(2)10-11-7-5-4-6-8-11/h4-8H,3,9-10H2,1-2H3,(H,14,16). The van der Waals surface area contributed by atoms with Crippen LogP contribution >= 0.6 is 0 Å². The quantitative estimate of drug-likeness (QED) is 0.795. The Balaban J connectivity index is 2.50. The first-order valence-corrected chi connectivity index (χ1v) is 5.72.